The van der Waals surface area contributed by atoms with Crippen LogP contribution in [0.3, 0.4) is 0 Å². The predicted molar refractivity (Wildman–Crippen MR) is 70.9 cm³/mol. The fraction of sp³-hybridized carbons (Fsp3) is 0.600. The zero-order valence-corrected chi connectivity index (χ0v) is 11.3. The van der Waals surface area contributed by atoms with Crippen molar-refractivity contribution in [2.45, 2.75) is 38.1 Å². The number of furan rings is 1. The molecule has 0 spiro atoms. The fourth-order valence-corrected chi connectivity index (χ4v) is 3.10. The number of nitrogens with zero attached hydrogens (tertiary/aromatic N) is 1. The van der Waals surface area contributed by atoms with Crippen LogP contribution in [0.1, 0.15) is 43.9 Å². The minimum Gasteiger partial charge on any atom is -0.481 e. The summed E-state index contributed by atoms with van der Waals surface area (Å²) in [6.07, 6.45) is 6.16. The van der Waals surface area contributed by atoms with Crippen LogP contribution >= 0.6 is 0 Å². The van der Waals surface area contributed by atoms with Crippen LogP contribution in [0.2, 0.25) is 0 Å². The fourth-order valence-electron chi connectivity index (χ4n) is 3.10. The monoisotopic (exact) mass is 277 g/mol. The number of amides is 1. The minimum atomic E-state index is -0.854. The highest BCUT2D eigenvalue weighted by molar-refractivity contribution is 5.89. The molecule has 2 fully saturated rings. The Hall–Kier alpha value is -1.78. The lowest BCUT2D eigenvalue weighted by atomic mass is 10.1. The maximum atomic E-state index is 12.6. The first-order valence-electron chi connectivity index (χ1n) is 7.25. The number of aliphatic carboxylic acids is 1. The van der Waals surface area contributed by atoms with Gasteiger partial charge in [-0.3, -0.25) is 9.59 Å². The number of carboxylic acids is 1. The van der Waals surface area contributed by atoms with Crippen molar-refractivity contribution in [2.24, 2.45) is 11.8 Å². The van der Waals surface area contributed by atoms with E-state index in [-0.39, 0.29) is 17.9 Å². The van der Waals surface area contributed by atoms with Gasteiger partial charge >= 0.3 is 5.97 Å². The third kappa shape index (κ3) is 2.44. The van der Waals surface area contributed by atoms with Crippen molar-refractivity contribution in [1.82, 2.24) is 4.90 Å². The minimum absolute atomic E-state index is 0.0132. The number of rotatable bonds is 3. The highest BCUT2D eigenvalue weighted by Crippen LogP contribution is 2.42. The second-order valence-corrected chi connectivity index (χ2v) is 5.70. The van der Waals surface area contributed by atoms with Gasteiger partial charge < -0.3 is 14.4 Å². The van der Waals surface area contributed by atoms with Crippen LogP contribution in [0.25, 0.3) is 0 Å². The highest BCUT2D eigenvalue weighted by Gasteiger charge is 2.50. The standard InChI is InChI=1S/C15H19NO4/c17-14(10-9-11(10)15(18)19)16-7-3-1-2-5-12(16)13-6-4-8-20-13/h4,6,8,10-12H,1-3,5,7,9H2,(H,18,19)/t10-,11-,12-/m1/s1. The first kappa shape index (κ1) is 13.2. The largest absolute Gasteiger partial charge is 0.481 e. The quantitative estimate of drug-likeness (QED) is 0.921. The molecular weight excluding hydrogens is 258 g/mol. The lowest BCUT2D eigenvalue weighted by Crippen LogP contribution is -2.36. The van der Waals surface area contributed by atoms with E-state index in [1.165, 1.54) is 0 Å². The van der Waals surface area contributed by atoms with Crippen LogP contribution in [0.4, 0.5) is 0 Å². The molecule has 2 aliphatic rings. The van der Waals surface area contributed by atoms with Gasteiger partial charge in [-0.15, -0.1) is 0 Å². The van der Waals surface area contributed by atoms with Crippen LogP contribution < -0.4 is 0 Å². The molecule has 20 heavy (non-hydrogen) atoms. The summed E-state index contributed by atoms with van der Waals surface area (Å²) in [5.41, 5.74) is 0. The molecule has 1 N–H and O–H groups in total. The van der Waals surface area contributed by atoms with Crippen LogP contribution in [0.15, 0.2) is 22.8 Å². The summed E-state index contributed by atoms with van der Waals surface area (Å²) in [4.78, 5) is 25.3. The molecule has 1 saturated heterocycles. The number of carbonyl (C=O) groups is 2. The van der Waals surface area contributed by atoms with E-state index < -0.39 is 11.9 Å². The van der Waals surface area contributed by atoms with Gasteiger partial charge in [-0.1, -0.05) is 12.8 Å². The third-order valence-corrected chi connectivity index (χ3v) is 4.33. The van der Waals surface area contributed by atoms with E-state index in [2.05, 4.69) is 0 Å². The lowest BCUT2D eigenvalue weighted by molar-refractivity contribution is -0.143. The Bertz CT molecular complexity index is 496. The predicted octanol–water partition coefficient (Wildman–Crippen LogP) is 2.44. The average molecular weight is 277 g/mol. The van der Waals surface area contributed by atoms with E-state index >= 15 is 0 Å². The smallest absolute Gasteiger partial charge is 0.307 e. The summed E-state index contributed by atoms with van der Waals surface area (Å²) in [6, 6.07) is 3.70. The Kier molecular flexibility index (Phi) is 3.51. The van der Waals surface area contributed by atoms with E-state index in [4.69, 9.17) is 9.52 Å². The maximum Gasteiger partial charge on any atom is 0.307 e. The normalized spacial score (nSPS) is 29.8. The van der Waals surface area contributed by atoms with Gasteiger partial charge in [-0.25, -0.2) is 0 Å². The van der Waals surface area contributed by atoms with Crippen LogP contribution in [-0.2, 0) is 9.59 Å². The summed E-state index contributed by atoms with van der Waals surface area (Å²) in [5, 5.41) is 8.99. The zero-order valence-electron chi connectivity index (χ0n) is 11.3. The number of hydrogen-bond donors (Lipinski definition) is 1. The van der Waals surface area contributed by atoms with Crippen LogP contribution in [0, 0.1) is 11.8 Å². The number of likely N-dealkylation sites (tertiary alicyclic amines) is 1. The van der Waals surface area contributed by atoms with E-state index in [9.17, 15) is 9.59 Å². The molecule has 1 aliphatic heterocycles. The molecule has 108 valence electrons. The Morgan fingerprint density at radius 1 is 1.25 bits per heavy atom. The van der Waals surface area contributed by atoms with Gasteiger partial charge in [0.25, 0.3) is 0 Å². The Balaban J connectivity index is 1.77. The number of hydrogen-bond acceptors (Lipinski definition) is 3. The van der Waals surface area contributed by atoms with E-state index in [0.29, 0.717) is 13.0 Å². The molecule has 3 atom stereocenters. The molecule has 0 bridgehead atoms. The molecule has 0 unspecified atom stereocenters. The van der Waals surface area contributed by atoms with Gasteiger partial charge in [-0.05, 0) is 31.4 Å². The molecule has 0 aromatic carbocycles. The van der Waals surface area contributed by atoms with Crippen molar-refractivity contribution in [1.29, 1.82) is 0 Å². The van der Waals surface area contributed by atoms with Gasteiger partial charge in [0.05, 0.1) is 24.1 Å². The van der Waals surface area contributed by atoms with Crippen molar-refractivity contribution in [3.05, 3.63) is 24.2 Å². The maximum absolute atomic E-state index is 12.6. The van der Waals surface area contributed by atoms with Crippen molar-refractivity contribution in [2.75, 3.05) is 6.54 Å². The SMILES string of the molecule is O=C(O)[C@@H]1C[C@H]1C(=O)N1CCCCC[C@@H]1c1ccco1. The molecule has 1 saturated carbocycles. The molecular formula is C15H19NO4. The summed E-state index contributed by atoms with van der Waals surface area (Å²) in [5.74, 6) is -0.868. The zero-order chi connectivity index (χ0) is 14.1. The molecule has 2 heterocycles. The van der Waals surface area contributed by atoms with Crippen LogP contribution in [-0.4, -0.2) is 28.4 Å². The topological polar surface area (TPSA) is 70.8 Å². The summed E-state index contributed by atoms with van der Waals surface area (Å²) >= 11 is 0. The van der Waals surface area contributed by atoms with E-state index in [1.807, 2.05) is 17.0 Å². The van der Waals surface area contributed by atoms with Gasteiger partial charge in [0.1, 0.15) is 5.76 Å². The van der Waals surface area contributed by atoms with Crippen molar-refractivity contribution >= 4 is 11.9 Å². The third-order valence-electron chi connectivity index (χ3n) is 4.33. The van der Waals surface area contributed by atoms with Gasteiger partial charge in [0.2, 0.25) is 5.91 Å². The van der Waals surface area contributed by atoms with E-state index in [0.717, 1.165) is 31.4 Å². The van der Waals surface area contributed by atoms with Crippen molar-refractivity contribution in [3.8, 4) is 0 Å². The van der Waals surface area contributed by atoms with Crippen molar-refractivity contribution in [3.63, 3.8) is 0 Å². The first-order chi connectivity index (χ1) is 9.68. The molecule has 1 amide bonds. The van der Waals surface area contributed by atoms with Gasteiger partial charge in [0, 0.05) is 6.54 Å². The second kappa shape index (κ2) is 5.31. The molecule has 1 aromatic rings. The number of carboxylic acid groups (broad SMARTS) is 1. The molecule has 0 radical (unpaired) electrons. The molecule has 1 aliphatic carbocycles. The average Bonchev–Trinajstić information content (AvgIpc) is 3.14. The van der Waals surface area contributed by atoms with E-state index in [1.54, 1.807) is 6.26 Å². The highest BCUT2D eigenvalue weighted by atomic mass is 16.4. The van der Waals surface area contributed by atoms with Crippen molar-refractivity contribution < 1.29 is 19.1 Å². The Morgan fingerprint density at radius 2 is 2.10 bits per heavy atom. The summed E-state index contributed by atoms with van der Waals surface area (Å²) < 4.78 is 5.47. The first-order valence-corrected chi connectivity index (χ1v) is 7.25. The lowest BCUT2D eigenvalue weighted by Gasteiger charge is -2.29. The van der Waals surface area contributed by atoms with Gasteiger partial charge in [0.15, 0.2) is 0 Å². The summed E-state index contributed by atoms with van der Waals surface area (Å²) in [6.45, 7) is 0.701. The molecule has 3 rings (SSSR count). The molecule has 5 heteroatoms. The van der Waals surface area contributed by atoms with Gasteiger partial charge in [-0.2, -0.15) is 0 Å². The second-order valence-electron chi connectivity index (χ2n) is 5.70. The molecule has 5 nitrogen and oxygen atoms in total. The Labute approximate surface area is 117 Å². The Morgan fingerprint density at radius 3 is 2.75 bits per heavy atom. The number of carbonyl (C=O) groups excluding carboxylic acids is 1. The van der Waals surface area contributed by atoms with Crippen LogP contribution in [0.5, 0.6) is 0 Å². The summed E-state index contributed by atoms with van der Waals surface area (Å²) in [7, 11) is 0. The molecule has 1 aromatic heterocycles.